The van der Waals surface area contributed by atoms with Crippen LogP contribution in [0, 0.1) is 0 Å². The first-order valence-electron chi connectivity index (χ1n) is 8.22. The fourth-order valence-corrected chi connectivity index (χ4v) is 3.07. The molecule has 0 aliphatic carbocycles. The highest BCUT2D eigenvalue weighted by molar-refractivity contribution is 6.34. The molecule has 7 nitrogen and oxygen atoms in total. The van der Waals surface area contributed by atoms with E-state index < -0.39 is 0 Å². The van der Waals surface area contributed by atoms with Crippen LogP contribution in [0.5, 0.6) is 0 Å². The van der Waals surface area contributed by atoms with Crippen LogP contribution in [0.3, 0.4) is 0 Å². The first kappa shape index (κ1) is 19.1. The zero-order chi connectivity index (χ0) is 19.4. The number of amides is 2. The maximum absolute atomic E-state index is 12.7. The Labute approximate surface area is 166 Å². The van der Waals surface area contributed by atoms with E-state index in [-0.39, 0.29) is 17.9 Å². The molecule has 0 unspecified atom stereocenters. The van der Waals surface area contributed by atoms with Gasteiger partial charge >= 0.3 is 0 Å². The van der Waals surface area contributed by atoms with E-state index >= 15 is 0 Å². The van der Waals surface area contributed by atoms with Crippen LogP contribution in [-0.4, -0.2) is 45.8 Å². The summed E-state index contributed by atoms with van der Waals surface area (Å²) in [5, 5.41) is 6.54. The van der Waals surface area contributed by atoms with Gasteiger partial charge in [-0.25, -0.2) is 9.97 Å². The van der Waals surface area contributed by atoms with Crippen LogP contribution in [0.2, 0.25) is 10.0 Å². The molecular formula is C18H17Cl2N5O2. The van der Waals surface area contributed by atoms with E-state index in [1.807, 2.05) is 0 Å². The number of anilines is 2. The molecule has 0 saturated carbocycles. The summed E-state index contributed by atoms with van der Waals surface area (Å²) in [4.78, 5) is 34.0. The third-order valence-electron chi connectivity index (χ3n) is 4.09. The molecule has 1 aliphatic heterocycles. The average Bonchev–Trinajstić information content (AvgIpc) is 3.13. The number of aromatic nitrogens is 2. The van der Waals surface area contributed by atoms with Crippen molar-refractivity contribution in [2.24, 2.45) is 0 Å². The quantitative estimate of drug-likeness (QED) is 0.745. The van der Waals surface area contributed by atoms with E-state index in [1.165, 1.54) is 12.4 Å². The SMILES string of the molecule is C=CC(=O)Nc1ccc(C(=O)N2CC[C@@H](Nc3ncc(Cl)cn3)C2)cc1Cl. The number of nitrogens with zero attached hydrogens (tertiary/aromatic N) is 3. The van der Waals surface area contributed by atoms with Gasteiger partial charge in [0.25, 0.3) is 5.91 Å². The Kier molecular flexibility index (Phi) is 5.93. The molecule has 27 heavy (non-hydrogen) atoms. The third-order valence-corrected chi connectivity index (χ3v) is 4.60. The Balaban J connectivity index is 1.62. The molecular weight excluding hydrogens is 389 g/mol. The summed E-state index contributed by atoms with van der Waals surface area (Å²) in [6.45, 7) is 4.52. The highest BCUT2D eigenvalue weighted by atomic mass is 35.5. The first-order chi connectivity index (χ1) is 13.0. The number of hydrogen-bond acceptors (Lipinski definition) is 5. The van der Waals surface area contributed by atoms with Gasteiger partial charge in [-0.15, -0.1) is 0 Å². The molecule has 2 N–H and O–H groups in total. The number of halogens is 2. The number of hydrogen-bond donors (Lipinski definition) is 2. The second-order valence-electron chi connectivity index (χ2n) is 5.99. The molecule has 140 valence electrons. The van der Waals surface area contributed by atoms with Crippen LogP contribution >= 0.6 is 23.2 Å². The summed E-state index contributed by atoms with van der Waals surface area (Å²) in [6, 6.07) is 4.84. The monoisotopic (exact) mass is 405 g/mol. The lowest BCUT2D eigenvalue weighted by Crippen LogP contribution is -2.31. The highest BCUT2D eigenvalue weighted by Gasteiger charge is 2.27. The predicted octanol–water partition coefficient (Wildman–Crippen LogP) is 3.23. The Morgan fingerprint density at radius 3 is 2.67 bits per heavy atom. The molecule has 3 rings (SSSR count). The summed E-state index contributed by atoms with van der Waals surface area (Å²) in [5.74, 6) is -0.0160. The van der Waals surface area contributed by atoms with Gasteiger partial charge in [0, 0.05) is 24.7 Å². The summed E-state index contributed by atoms with van der Waals surface area (Å²) < 4.78 is 0. The van der Waals surface area contributed by atoms with Crippen molar-refractivity contribution in [2.75, 3.05) is 23.7 Å². The number of rotatable bonds is 5. The third kappa shape index (κ3) is 4.75. The summed E-state index contributed by atoms with van der Waals surface area (Å²) in [7, 11) is 0. The van der Waals surface area contributed by atoms with E-state index in [0.29, 0.717) is 40.3 Å². The van der Waals surface area contributed by atoms with Gasteiger partial charge in [-0.1, -0.05) is 29.8 Å². The zero-order valence-electron chi connectivity index (χ0n) is 14.3. The zero-order valence-corrected chi connectivity index (χ0v) is 15.8. The molecule has 1 saturated heterocycles. The Morgan fingerprint density at radius 1 is 1.26 bits per heavy atom. The average molecular weight is 406 g/mol. The van der Waals surface area contributed by atoms with Crippen molar-refractivity contribution in [3.8, 4) is 0 Å². The lowest BCUT2D eigenvalue weighted by Gasteiger charge is -2.18. The van der Waals surface area contributed by atoms with Crippen molar-refractivity contribution < 1.29 is 9.59 Å². The Bertz CT molecular complexity index is 873. The number of carbonyl (C=O) groups excluding carboxylic acids is 2. The van der Waals surface area contributed by atoms with Crippen molar-refractivity contribution >= 4 is 46.7 Å². The molecule has 1 fully saturated rings. The smallest absolute Gasteiger partial charge is 0.253 e. The maximum Gasteiger partial charge on any atom is 0.253 e. The van der Waals surface area contributed by atoms with Crippen molar-refractivity contribution in [1.82, 2.24) is 14.9 Å². The number of nitrogens with one attached hydrogen (secondary N) is 2. The molecule has 2 aromatic rings. The van der Waals surface area contributed by atoms with Crippen LogP contribution in [0.1, 0.15) is 16.8 Å². The molecule has 2 amide bonds. The van der Waals surface area contributed by atoms with Gasteiger partial charge in [-0.05, 0) is 30.7 Å². The van der Waals surface area contributed by atoms with Gasteiger partial charge in [-0.2, -0.15) is 0 Å². The van der Waals surface area contributed by atoms with Crippen molar-refractivity contribution in [3.63, 3.8) is 0 Å². The molecule has 1 aromatic carbocycles. The molecule has 1 aliphatic rings. The number of carbonyl (C=O) groups is 2. The predicted molar refractivity (Wildman–Crippen MR) is 105 cm³/mol. The topological polar surface area (TPSA) is 87.2 Å². The minimum Gasteiger partial charge on any atom is -0.350 e. The van der Waals surface area contributed by atoms with Crippen molar-refractivity contribution in [1.29, 1.82) is 0 Å². The molecule has 0 bridgehead atoms. The largest absolute Gasteiger partial charge is 0.350 e. The minimum atomic E-state index is -0.367. The Morgan fingerprint density at radius 2 is 2.00 bits per heavy atom. The lowest BCUT2D eigenvalue weighted by atomic mass is 10.2. The lowest BCUT2D eigenvalue weighted by molar-refractivity contribution is -0.111. The fraction of sp³-hybridized carbons (Fsp3) is 0.222. The normalized spacial score (nSPS) is 16.1. The van der Waals surface area contributed by atoms with Gasteiger partial charge < -0.3 is 15.5 Å². The van der Waals surface area contributed by atoms with Crippen LogP contribution in [0.15, 0.2) is 43.2 Å². The second kappa shape index (κ2) is 8.37. The van der Waals surface area contributed by atoms with Crippen molar-refractivity contribution in [2.45, 2.75) is 12.5 Å². The first-order valence-corrected chi connectivity index (χ1v) is 8.98. The summed E-state index contributed by atoms with van der Waals surface area (Å²) >= 11 is 11.9. The highest BCUT2D eigenvalue weighted by Crippen LogP contribution is 2.25. The Hall–Kier alpha value is -2.64. The van der Waals surface area contributed by atoms with E-state index in [2.05, 4.69) is 27.2 Å². The van der Waals surface area contributed by atoms with Crippen LogP contribution < -0.4 is 10.6 Å². The van der Waals surface area contributed by atoms with Gasteiger partial charge in [0.2, 0.25) is 11.9 Å². The standard InChI is InChI=1S/C18H17Cl2N5O2/c1-2-16(26)24-15-4-3-11(7-14(15)20)17(27)25-6-5-13(10-25)23-18-21-8-12(19)9-22-18/h2-4,7-9,13H,1,5-6,10H2,(H,24,26)(H,21,22,23)/t13-/m1/s1. The van der Waals surface area contributed by atoms with E-state index in [4.69, 9.17) is 23.2 Å². The number of benzene rings is 1. The van der Waals surface area contributed by atoms with Crippen LogP contribution in [-0.2, 0) is 4.79 Å². The maximum atomic E-state index is 12.7. The molecule has 1 aromatic heterocycles. The van der Waals surface area contributed by atoms with Crippen LogP contribution in [0.4, 0.5) is 11.6 Å². The van der Waals surface area contributed by atoms with Gasteiger partial charge in [0.05, 0.1) is 28.1 Å². The molecule has 0 radical (unpaired) electrons. The van der Waals surface area contributed by atoms with E-state index in [0.717, 1.165) is 12.5 Å². The minimum absolute atomic E-state index is 0.0525. The van der Waals surface area contributed by atoms with E-state index in [1.54, 1.807) is 23.1 Å². The van der Waals surface area contributed by atoms with Gasteiger partial charge in [0.1, 0.15) is 0 Å². The molecule has 2 heterocycles. The van der Waals surface area contributed by atoms with Crippen molar-refractivity contribution in [3.05, 3.63) is 58.9 Å². The second-order valence-corrected chi connectivity index (χ2v) is 6.84. The van der Waals surface area contributed by atoms with E-state index in [9.17, 15) is 9.59 Å². The summed E-state index contributed by atoms with van der Waals surface area (Å²) in [5.41, 5.74) is 0.888. The number of likely N-dealkylation sites (tertiary alicyclic amines) is 1. The molecule has 1 atom stereocenters. The molecule has 0 spiro atoms. The van der Waals surface area contributed by atoms with Gasteiger partial charge in [-0.3, -0.25) is 9.59 Å². The van der Waals surface area contributed by atoms with Crippen LogP contribution in [0.25, 0.3) is 0 Å². The molecule has 9 heteroatoms. The summed E-state index contributed by atoms with van der Waals surface area (Å²) in [6.07, 6.45) is 4.96. The van der Waals surface area contributed by atoms with Gasteiger partial charge in [0.15, 0.2) is 0 Å². The fourth-order valence-electron chi connectivity index (χ4n) is 2.75.